The molecule has 126 valence electrons. The van der Waals surface area contributed by atoms with Crippen LogP contribution in [0.5, 0.6) is 0 Å². The SMILES string of the molecule is Cc1cc(-c2n[nH]c(=S)n2N=CC=Cc2ccccc2[N+](=O)[O-])n[nH]1. The normalized spacial score (nSPS) is 11.6. The molecule has 0 aliphatic carbocycles. The Labute approximate surface area is 146 Å². The van der Waals surface area contributed by atoms with Crippen molar-refractivity contribution >= 4 is 30.2 Å². The molecule has 0 radical (unpaired) electrons. The van der Waals surface area contributed by atoms with Crippen molar-refractivity contribution in [2.24, 2.45) is 5.10 Å². The first-order valence-electron chi connectivity index (χ1n) is 7.20. The number of hydrogen-bond donors (Lipinski definition) is 2. The highest BCUT2D eigenvalue weighted by Crippen LogP contribution is 2.19. The third kappa shape index (κ3) is 3.58. The Bertz CT molecular complexity index is 1030. The maximum absolute atomic E-state index is 11.0. The number of hydrogen-bond acceptors (Lipinski definition) is 6. The van der Waals surface area contributed by atoms with E-state index < -0.39 is 4.92 Å². The molecule has 0 amide bonds. The Morgan fingerprint density at radius 3 is 2.84 bits per heavy atom. The van der Waals surface area contributed by atoms with Gasteiger partial charge in [-0.15, -0.1) is 0 Å². The lowest BCUT2D eigenvalue weighted by atomic mass is 10.2. The molecule has 25 heavy (non-hydrogen) atoms. The molecule has 0 atom stereocenters. The van der Waals surface area contributed by atoms with E-state index >= 15 is 0 Å². The second-order valence-corrected chi connectivity index (χ2v) is 5.43. The third-order valence-corrected chi connectivity index (χ3v) is 3.53. The van der Waals surface area contributed by atoms with E-state index in [9.17, 15) is 10.1 Å². The minimum atomic E-state index is -0.430. The van der Waals surface area contributed by atoms with Gasteiger partial charge >= 0.3 is 0 Å². The van der Waals surface area contributed by atoms with E-state index in [1.165, 1.54) is 17.0 Å². The van der Waals surface area contributed by atoms with E-state index in [0.717, 1.165) is 5.69 Å². The summed E-state index contributed by atoms with van der Waals surface area (Å²) < 4.78 is 1.74. The predicted octanol–water partition coefficient (Wildman–Crippen LogP) is 3.09. The number of benzene rings is 1. The molecule has 2 aromatic heterocycles. The van der Waals surface area contributed by atoms with E-state index in [1.807, 2.05) is 13.0 Å². The highest BCUT2D eigenvalue weighted by molar-refractivity contribution is 7.71. The van der Waals surface area contributed by atoms with E-state index in [0.29, 0.717) is 21.9 Å². The highest BCUT2D eigenvalue weighted by atomic mass is 32.1. The molecule has 0 unspecified atom stereocenters. The van der Waals surface area contributed by atoms with Gasteiger partial charge < -0.3 is 0 Å². The van der Waals surface area contributed by atoms with E-state index in [1.54, 1.807) is 30.4 Å². The number of nitrogens with one attached hydrogen (secondary N) is 2. The number of H-pyrrole nitrogens is 2. The van der Waals surface area contributed by atoms with E-state index in [2.05, 4.69) is 25.5 Å². The number of aryl methyl sites for hydroxylation is 1. The smallest absolute Gasteiger partial charge is 0.276 e. The number of aromatic amines is 2. The summed E-state index contributed by atoms with van der Waals surface area (Å²) in [5.41, 5.74) is 2.00. The molecule has 9 nitrogen and oxygen atoms in total. The largest absolute Gasteiger partial charge is 0.282 e. The van der Waals surface area contributed by atoms with Gasteiger partial charge in [-0.3, -0.25) is 15.2 Å². The summed E-state index contributed by atoms with van der Waals surface area (Å²) in [4.78, 5) is 10.6. The first-order chi connectivity index (χ1) is 12.1. The predicted molar refractivity (Wildman–Crippen MR) is 95.8 cm³/mol. The molecular weight excluding hydrogens is 342 g/mol. The monoisotopic (exact) mass is 355 g/mol. The van der Waals surface area contributed by atoms with Gasteiger partial charge in [-0.1, -0.05) is 12.1 Å². The highest BCUT2D eigenvalue weighted by Gasteiger charge is 2.11. The van der Waals surface area contributed by atoms with Crippen molar-refractivity contribution in [1.29, 1.82) is 0 Å². The minimum Gasteiger partial charge on any atom is -0.282 e. The van der Waals surface area contributed by atoms with Gasteiger partial charge in [0.1, 0.15) is 5.69 Å². The zero-order valence-corrected chi connectivity index (χ0v) is 13.9. The fourth-order valence-electron chi connectivity index (χ4n) is 2.14. The molecule has 0 saturated heterocycles. The molecule has 0 aliphatic heterocycles. The number of nitro benzene ring substituents is 1. The number of nitrogens with zero attached hydrogens (tertiary/aromatic N) is 5. The summed E-state index contributed by atoms with van der Waals surface area (Å²) in [6, 6.07) is 8.27. The van der Waals surface area contributed by atoms with Crippen LogP contribution in [0.4, 0.5) is 5.69 Å². The second kappa shape index (κ2) is 7.01. The molecule has 2 heterocycles. The van der Waals surface area contributed by atoms with Crippen LogP contribution in [0.1, 0.15) is 11.3 Å². The first-order valence-corrected chi connectivity index (χ1v) is 7.61. The topological polar surface area (TPSA) is 118 Å². The van der Waals surface area contributed by atoms with Crippen molar-refractivity contribution in [2.75, 3.05) is 0 Å². The molecule has 3 aromatic rings. The zero-order chi connectivity index (χ0) is 17.8. The number of allylic oxidation sites excluding steroid dienone is 1. The quantitative estimate of drug-likeness (QED) is 0.315. The van der Waals surface area contributed by atoms with Crippen molar-refractivity contribution in [3.8, 4) is 11.5 Å². The summed E-state index contributed by atoms with van der Waals surface area (Å²) in [5.74, 6) is 0.463. The van der Waals surface area contributed by atoms with Crippen LogP contribution in [0.25, 0.3) is 17.6 Å². The van der Waals surface area contributed by atoms with Gasteiger partial charge in [0.2, 0.25) is 10.6 Å². The molecule has 0 aliphatic rings. The van der Waals surface area contributed by atoms with Crippen LogP contribution in [0.15, 0.2) is 41.5 Å². The Hall–Kier alpha value is -3.40. The van der Waals surface area contributed by atoms with Crippen LogP contribution in [-0.2, 0) is 0 Å². The molecule has 0 saturated carbocycles. The Balaban J connectivity index is 1.86. The molecule has 0 fully saturated rings. The lowest BCUT2D eigenvalue weighted by molar-refractivity contribution is -0.385. The van der Waals surface area contributed by atoms with Gasteiger partial charge in [-0.2, -0.15) is 20.0 Å². The van der Waals surface area contributed by atoms with Gasteiger partial charge in [-0.05, 0) is 43.4 Å². The van der Waals surface area contributed by atoms with E-state index in [4.69, 9.17) is 12.2 Å². The molecular formula is C15H13N7O2S. The number of para-hydroxylation sites is 1. The van der Waals surface area contributed by atoms with Crippen LogP contribution in [0, 0.1) is 21.8 Å². The minimum absolute atomic E-state index is 0.0276. The van der Waals surface area contributed by atoms with Crippen LogP contribution in [0.3, 0.4) is 0 Å². The van der Waals surface area contributed by atoms with Crippen molar-refractivity contribution in [3.05, 3.63) is 62.6 Å². The molecule has 3 rings (SSSR count). The molecule has 2 N–H and O–H groups in total. The molecule has 0 spiro atoms. The summed E-state index contributed by atoms with van der Waals surface area (Å²) >= 11 is 5.16. The molecule has 10 heteroatoms. The lowest BCUT2D eigenvalue weighted by Gasteiger charge is -1.96. The van der Waals surface area contributed by atoms with Gasteiger partial charge in [0.15, 0.2) is 0 Å². The lowest BCUT2D eigenvalue weighted by Crippen LogP contribution is -1.94. The Morgan fingerprint density at radius 1 is 1.32 bits per heavy atom. The third-order valence-electron chi connectivity index (χ3n) is 3.26. The van der Waals surface area contributed by atoms with Gasteiger partial charge in [0.05, 0.1) is 10.5 Å². The van der Waals surface area contributed by atoms with Crippen molar-refractivity contribution in [2.45, 2.75) is 6.92 Å². The standard InChI is InChI=1S/C15H13N7O2S/c1-10-9-12(18-17-10)14-19-20-15(25)21(14)16-8-4-6-11-5-2-3-7-13(11)22(23)24/h2-9H,1H3,(H,17,18)(H,20,25). The summed E-state index contributed by atoms with van der Waals surface area (Å²) in [7, 11) is 0. The van der Waals surface area contributed by atoms with Gasteiger partial charge in [0.25, 0.3) is 5.69 Å². The number of aromatic nitrogens is 5. The van der Waals surface area contributed by atoms with Gasteiger partial charge in [-0.25, -0.2) is 5.10 Å². The first kappa shape index (κ1) is 16.5. The summed E-state index contributed by atoms with van der Waals surface area (Å²) in [6.07, 6.45) is 4.67. The zero-order valence-electron chi connectivity index (χ0n) is 13.1. The number of rotatable bonds is 5. The fraction of sp³-hybridized carbons (Fsp3) is 0.0667. The average molecular weight is 355 g/mol. The van der Waals surface area contributed by atoms with Crippen molar-refractivity contribution < 1.29 is 4.92 Å². The van der Waals surface area contributed by atoms with E-state index in [-0.39, 0.29) is 5.69 Å². The van der Waals surface area contributed by atoms with Crippen molar-refractivity contribution in [3.63, 3.8) is 0 Å². The average Bonchev–Trinajstić information content (AvgIpc) is 3.18. The van der Waals surface area contributed by atoms with Crippen LogP contribution >= 0.6 is 12.2 Å². The molecule has 1 aromatic carbocycles. The van der Waals surface area contributed by atoms with Crippen LogP contribution < -0.4 is 0 Å². The molecule has 0 bridgehead atoms. The second-order valence-electron chi connectivity index (χ2n) is 5.04. The Morgan fingerprint density at radius 2 is 2.12 bits per heavy atom. The van der Waals surface area contributed by atoms with Gasteiger partial charge in [0, 0.05) is 18.0 Å². The van der Waals surface area contributed by atoms with Crippen LogP contribution in [0.2, 0.25) is 0 Å². The fourth-order valence-corrected chi connectivity index (χ4v) is 2.32. The maximum atomic E-state index is 11.0. The summed E-state index contributed by atoms with van der Waals surface area (Å²) in [6.45, 7) is 1.88. The number of nitro groups is 1. The maximum Gasteiger partial charge on any atom is 0.276 e. The Kier molecular flexibility index (Phi) is 4.61. The summed E-state index contributed by atoms with van der Waals surface area (Å²) in [5, 5.41) is 28.9. The van der Waals surface area contributed by atoms with Crippen LogP contribution in [-0.4, -0.2) is 36.2 Å². The van der Waals surface area contributed by atoms with Crippen molar-refractivity contribution in [1.82, 2.24) is 25.1 Å².